The molecule has 0 radical (unpaired) electrons. The lowest BCUT2D eigenvalue weighted by molar-refractivity contribution is -0.0287. The van der Waals surface area contributed by atoms with Crippen LogP contribution in [0.4, 0.5) is 0 Å². The van der Waals surface area contributed by atoms with Crippen LogP contribution in [0.1, 0.15) is 20.7 Å². The number of rotatable bonds is 16. The average molecular weight is 679 g/mol. The number of fused-ring (bicyclic) bond motifs is 1. The Labute approximate surface area is 290 Å². The van der Waals surface area contributed by atoms with E-state index in [0.29, 0.717) is 37.6 Å². The third-order valence-corrected chi connectivity index (χ3v) is 8.27. The lowest BCUT2D eigenvalue weighted by atomic mass is 10.0. The second-order valence-corrected chi connectivity index (χ2v) is 11.5. The molecule has 2 saturated heterocycles. The van der Waals surface area contributed by atoms with Gasteiger partial charge in [0.25, 0.3) is 0 Å². The molecule has 0 aromatic heterocycles. The number of carbonyl (C=O) groups excluding carboxylic acids is 2. The summed E-state index contributed by atoms with van der Waals surface area (Å²) in [7, 11) is 0. The summed E-state index contributed by atoms with van der Waals surface area (Å²) >= 11 is 0. The summed E-state index contributed by atoms with van der Waals surface area (Å²) in [6, 6.07) is 29.7. The van der Waals surface area contributed by atoms with Crippen molar-refractivity contribution in [1.29, 1.82) is 0 Å². The number of carbonyl (C=O) groups is 2. The second kappa shape index (κ2) is 16.7. The molecule has 10 nitrogen and oxygen atoms in total. The predicted octanol–water partition coefficient (Wildman–Crippen LogP) is 6.65. The number of benzene rings is 4. The van der Waals surface area contributed by atoms with Gasteiger partial charge in [-0.15, -0.1) is 0 Å². The van der Waals surface area contributed by atoms with Crippen LogP contribution in [-0.2, 0) is 28.4 Å². The molecule has 258 valence electrons. The molecule has 6 rings (SSSR count). The average Bonchev–Trinajstić information content (AvgIpc) is 3.75. The zero-order valence-corrected chi connectivity index (χ0v) is 27.4. The van der Waals surface area contributed by atoms with Crippen LogP contribution in [0.5, 0.6) is 11.5 Å². The van der Waals surface area contributed by atoms with Crippen molar-refractivity contribution in [3.63, 3.8) is 0 Å². The molecule has 0 N–H and O–H groups in total. The maximum atomic E-state index is 13.0. The second-order valence-electron chi connectivity index (χ2n) is 11.5. The standard InChI is InChI=1S/C40H38O10/c1-3-43-21-23-45-33-17-13-29(14-18-33)27-5-9-31(10-6-27)39(41)49-35-25-47-38-36(26-48-37(35)38)50-40(42)32-11-7-28(8-12-32)30-15-19-34(20-16-30)46-24-22-44-4-2/h3-20,35-38H,1-2,21-26H2/t35-,36-,37-,38-/m1/s1. The van der Waals surface area contributed by atoms with Gasteiger partial charge in [-0.1, -0.05) is 61.7 Å². The third-order valence-electron chi connectivity index (χ3n) is 8.27. The zero-order chi connectivity index (χ0) is 34.7. The van der Waals surface area contributed by atoms with Gasteiger partial charge in [0, 0.05) is 0 Å². The SMILES string of the molecule is C=COCCOc1ccc(-c2ccc(C(=O)O[C@@H]3CO[C@H]4[C@@H]3OC[C@H]4OC(=O)c3ccc(-c4ccc(OCCOC=C)cc4)cc3)cc2)cc1. The molecule has 2 aliphatic rings. The van der Waals surface area contributed by atoms with Crippen LogP contribution >= 0.6 is 0 Å². The van der Waals surface area contributed by atoms with Crippen LogP contribution < -0.4 is 9.47 Å². The maximum absolute atomic E-state index is 13.0. The van der Waals surface area contributed by atoms with Crippen molar-refractivity contribution in [3.05, 3.63) is 134 Å². The first-order chi connectivity index (χ1) is 24.5. The van der Waals surface area contributed by atoms with E-state index >= 15 is 0 Å². The van der Waals surface area contributed by atoms with E-state index in [1.165, 1.54) is 12.5 Å². The van der Waals surface area contributed by atoms with Gasteiger partial charge in [-0.2, -0.15) is 0 Å². The van der Waals surface area contributed by atoms with Crippen LogP contribution in [0, 0.1) is 0 Å². The lowest BCUT2D eigenvalue weighted by Crippen LogP contribution is -2.36. The predicted molar refractivity (Wildman–Crippen MR) is 185 cm³/mol. The fourth-order valence-electron chi connectivity index (χ4n) is 5.71. The number of ether oxygens (including phenoxy) is 8. The van der Waals surface area contributed by atoms with E-state index in [1.807, 2.05) is 72.8 Å². The summed E-state index contributed by atoms with van der Waals surface area (Å²) in [6.45, 7) is 8.99. The molecule has 2 heterocycles. The Morgan fingerprint density at radius 2 is 0.880 bits per heavy atom. The molecule has 10 heteroatoms. The normalized spacial score (nSPS) is 19.1. The molecule has 4 aromatic rings. The number of hydrogen-bond acceptors (Lipinski definition) is 10. The Morgan fingerprint density at radius 3 is 1.22 bits per heavy atom. The Kier molecular flexibility index (Phi) is 11.4. The van der Waals surface area contributed by atoms with E-state index < -0.39 is 36.4 Å². The largest absolute Gasteiger partial charge is 0.498 e. The highest BCUT2D eigenvalue weighted by Crippen LogP contribution is 2.32. The van der Waals surface area contributed by atoms with Gasteiger partial charge < -0.3 is 37.9 Å². The molecule has 0 unspecified atom stereocenters. The van der Waals surface area contributed by atoms with E-state index in [0.717, 1.165) is 33.8 Å². The fourth-order valence-corrected chi connectivity index (χ4v) is 5.71. The molecule has 4 aromatic carbocycles. The third kappa shape index (κ3) is 8.52. The van der Waals surface area contributed by atoms with Gasteiger partial charge in [0.1, 0.15) is 50.1 Å². The first-order valence-corrected chi connectivity index (χ1v) is 16.3. The first-order valence-electron chi connectivity index (χ1n) is 16.3. The minimum absolute atomic E-state index is 0.141. The van der Waals surface area contributed by atoms with E-state index in [1.54, 1.807) is 24.3 Å². The van der Waals surface area contributed by atoms with Crippen molar-refractivity contribution in [2.75, 3.05) is 39.6 Å². The maximum Gasteiger partial charge on any atom is 0.338 e. The summed E-state index contributed by atoms with van der Waals surface area (Å²) in [5, 5.41) is 0. The topological polar surface area (TPSA) is 108 Å². The van der Waals surface area contributed by atoms with Crippen LogP contribution in [0.2, 0.25) is 0 Å². The molecule has 0 aliphatic carbocycles. The molecule has 2 fully saturated rings. The molecular weight excluding hydrogens is 640 g/mol. The van der Waals surface area contributed by atoms with Crippen molar-refractivity contribution >= 4 is 11.9 Å². The van der Waals surface area contributed by atoms with Gasteiger partial charge >= 0.3 is 11.9 Å². The van der Waals surface area contributed by atoms with E-state index in [9.17, 15) is 9.59 Å². The van der Waals surface area contributed by atoms with E-state index in [-0.39, 0.29) is 13.2 Å². The van der Waals surface area contributed by atoms with Gasteiger partial charge in [0.15, 0.2) is 12.2 Å². The quantitative estimate of drug-likeness (QED) is 0.0727. The Bertz CT molecular complexity index is 1600. The minimum Gasteiger partial charge on any atom is -0.498 e. The molecular formula is C40H38O10. The highest BCUT2D eigenvalue weighted by molar-refractivity contribution is 5.91. The Hall–Kier alpha value is -5.58. The number of esters is 2. The molecule has 0 amide bonds. The first kappa shape index (κ1) is 34.3. The van der Waals surface area contributed by atoms with Crippen LogP contribution in [0.15, 0.2) is 123 Å². The van der Waals surface area contributed by atoms with Gasteiger partial charge in [-0.25, -0.2) is 9.59 Å². The molecule has 2 aliphatic heterocycles. The van der Waals surface area contributed by atoms with E-state index in [2.05, 4.69) is 13.2 Å². The monoisotopic (exact) mass is 678 g/mol. The van der Waals surface area contributed by atoms with Crippen molar-refractivity contribution in [1.82, 2.24) is 0 Å². The fraction of sp³-hybridized carbons (Fsp3) is 0.250. The summed E-state index contributed by atoms with van der Waals surface area (Å²) in [5.41, 5.74) is 4.65. The van der Waals surface area contributed by atoms with Crippen molar-refractivity contribution < 1.29 is 47.5 Å². The summed E-state index contributed by atoms with van der Waals surface area (Å²) in [4.78, 5) is 26.0. The van der Waals surface area contributed by atoms with Crippen molar-refractivity contribution in [2.45, 2.75) is 24.4 Å². The zero-order valence-electron chi connectivity index (χ0n) is 27.4. The van der Waals surface area contributed by atoms with E-state index in [4.69, 9.17) is 37.9 Å². The Balaban J connectivity index is 0.971. The van der Waals surface area contributed by atoms with Gasteiger partial charge in [0.05, 0.1) is 36.9 Å². The molecule has 0 saturated carbocycles. The Morgan fingerprint density at radius 1 is 0.540 bits per heavy atom. The van der Waals surface area contributed by atoms with Crippen LogP contribution in [-0.4, -0.2) is 76.0 Å². The smallest absolute Gasteiger partial charge is 0.338 e. The van der Waals surface area contributed by atoms with Crippen LogP contribution in [0.3, 0.4) is 0 Å². The minimum atomic E-state index is -0.628. The van der Waals surface area contributed by atoms with Crippen LogP contribution in [0.25, 0.3) is 22.3 Å². The summed E-state index contributed by atoms with van der Waals surface area (Å²) in [5.74, 6) is 0.493. The molecule has 50 heavy (non-hydrogen) atoms. The highest BCUT2D eigenvalue weighted by Gasteiger charge is 2.51. The lowest BCUT2D eigenvalue weighted by Gasteiger charge is -2.17. The van der Waals surface area contributed by atoms with Crippen molar-refractivity contribution in [3.8, 4) is 33.8 Å². The number of hydrogen-bond donors (Lipinski definition) is 0. The molecule has 4 atom stereocenters. The molecule has 0 bridgehead atoms. The summed E-state index contributed by atoms with van der Waals surface area (Å²) in [6.07, 6.45) is 0.432. The van der Waals surface area contributed by atoms with Gasteiger partial charge in [-0.05, 0) is 70.8 Å². The van der Waals surface area contributed by atoms with Crippen molar-refractivity contribution in [2.24, 2.45) is 0 Å². The van der Waals surface area contributed by atoms with Gasteiger partial charge in [0.2, 0.25) is 0 Å². The summed E-state index contributed by atoms with van der Waals surface area (Å²) < 4.78 is 44.8. The van der Waals surface area contributed by atoms with Gasteiger partial charge in [-0.3, -0.25) is 0 Å². The highest BCUT2D eigenvalue weighted by atomic mass is 16.7. The molecule has 0 spiro atoms.